The van der Waals surface area contributed by atoms with Crippen LogP contribution in [0.25, 0.3) is 0 Å². The Labute approximate surface area is 129 Å². The first kappa shape index (κ1) is 17.5. The maximum Gasteiger partial charge on any atom is 0.321 e. The van der Waals surface area contributed by atoms with E-state index in [1.165, 1.54) is 14.0 Å². The van der Waals surface area contributed by atoms with Crippen LogP contribution in [0.1, 0.15) is 18.9 Å². The number of carbonyl (C=O) groups is 3. The van der Waals surface area contributed by atoms with Gasteiger partial charge in [-0.05, 0) is 25.5 Å². The smallest absolute Gasteiger partial charge is 0.321 e. The summed E-state index contributed by atoms with van der Waals surface area (Å²) in [6, 6.07) is 6.78. The van der Waals surface area contributed by atoms with Gasteiger partial charge in [0.05, 0.1) is 13.0 Å². The number of nitrogens with one attached hydrogen (secondary N) is 2. The molecule has 0 aliphatic rings. The lowest BCUT2D eigenvalue weighted by Gasteiger charge is -2.13. The number of ether oxygens (including phenoxy) is 2. The molecule has 7 heteroatoms. The maximum atomic E-state index is 11.6. The lowest BCUT2D eigenvalue weighted by molar-refractivity contribution is -0.154. The number of benzene rings is 1. The highest BCUT2D eigenvalue weighted by atomic mass is 16.5. The van der Waals surface area contributed by atoms with E-state index in [0.29, 0.717) is 5.75 Å². The number of hydrogen-bond donors (Lipinski definition) is 2. The summed E-state index contributed by atoms with van der Waals surface area (Å²) in [6.07, 6.45) is -1.05. The largest absolute Gasteiger partial charge is 0.493 e. The second-order valence-electron chi connectivity index (χ2n) is 4.56. The van der Waals surface area contributed by atoms with Gasteiger partial charge in [-0.3, -0.25) is 14.9 Å². The van der Waals surface area contributed by atoms with E-state index in [4.69, 9.17) is 9.47 Å². The van der Waals surface area contributed by atoms with Gasteiger partial charge in [-0.25, -0.2) is 4.79 Å². The molecule has 1 rings (SSSR count). The summed E-state index contributed by atoms with van der Waals surface area (Å²) in [4.78, 5) is 34.1. The first-order valence-corrected chi connectivity index (χ1v) is 6.84. The average Bonchev–Trinajstić information content (AvgIpc) is 2.48. The minimum absolute atomic E-state index is 0.00588. The monoisotopic (exact) mass is 308 g/mol. The molecular weight excluding hydrogens is 288 g/mol. The van der Waals surface area contributed by atoms with Gasteiger partial charge in [0.15, 0.2) is 6.10 Å². The molecule has 0 radical (unpaired) electrons. The first-order chi connectivity index (χ1) is 10.4. The quantitative estimate of drug-likeness (QED) is 0.769. The average molecular weight is 308 g/mol. The highest BCUT2D eigenvalue weighted by molar-refractivity contribution is 5.96. The third kappa shape index (κ3) is 5.82. The van der Waals surface area contributed by atoms with E-state index in [1.807, 2.05) is 30.4 Å². The number of carbonyl (C=O) groups excluding carboxylic acids is 3. The molecule has 120 valence electrons. The number of hydrogen-bond acceptors (Lipinski definition) is 5. The van der Waals surface area contributed by atoms with Crippen molar-refractivity contribution in [2.75, 3.05) is 13.7 Å². The van der Waals surface area contributed by atoms with Crippen LogP contribution >= 0.6 is 0 Å². The zero-order chi connectivity index (χ0) is 16.5. The first-order valence-electron chi connectivity index (χ1n) is 6.84. The van der Waals surface area contributed by atoms with Crippen LogP contribution in [0.3, 0.4) is 0 Å². The Hall–Kier alpha value is -2.57. The molecule has 0 saturated heterocycles. The summed E-state index contributed by atoms with van der Waals surface area (Å²) in [7, 11) is 1.38. The van der Waals surface area contributed by atoms with Crippen molar-refractivity contribution in [2.45, 2.75) is 26.4 Å². The van der Waals surface area contributed by atoms with Gasteiger partial charge in [0.1, 0.15) is 5.75 Å². The Kier molecular flexibility index (Phi) is 6.88. The number of aryl methyl sites for hydroxylation is 1. The third-order valence-electron chi connectivity index (χ3n) is 2.80. The van der Waals surface area contributed by atoms with Crippen molar-refractivity contribution >= 4 is 17.9 Å². The number of amides is 3. The van der Waals surface area contributed by atoms with Crippen LogP contribution < -0.4 is 15.4 Å². The van der Waals surface area contributed by atoms with Crippen molar-refractivity contribution in [3.05, 3.63) is 29.8 Å². The van der Waals surface area contributed by atoms with E-state index in [0.717, 1.165) is 5.56 Å². The second-order valence-corrected chi connectivity index (χ2v) is 4.56. The van der Waals surface area contributed by atoms with Crippen LogP contribution in [-0.2, 0) is 14.3 Å². The molecule has 1 aromatic carbocycles. The molecule has 0 fully saturated rings. The van der Waals surface area contributed by atoms with E-state index >= 15 is 0 Å². The summed E-state index contributed by atoms with van der Waals surface area (Å²) in [5.41, 5.74) is 0.967. The Balaban J connectivity index is 2.32. The van der Waals surface area contributed by atoms with Gasteiger partial charge in [-0.1, -0.05) is 18.2 Å². The SMILES string of the molecule is CNC(=O)NC(=O)[C@@H](C)OC(=O)CCOc1ccccc1C. The molecule has 0 spiro atoms. The zero-order valence-corrected chi connectivity index (χ0v) is 12.8. The molecule has 0 aliphatic heterocycles. The highest BCUT2D eigenvalue weighted by Gasteiger charge is 2.19. The molecule has 0 unspecified atom stereocenters. The molecular formula is C15H20N2O5. The van der Waals surface area contributed by atoms with E-state index in [2.05, 4.69) is 5.32 Å². The van der Waals surface area contributed by atoms with Crippen LogP contribution in [0.15, 0.2) is 24.3 Å². The predicted molar refractivity (Wildman–Crippen MR) is 79.4 cm³/mol. The predicted octanol–water partition coefficient (Wildman–Crippen LogP) is 1.15. The van der Waals surface area contributed by atoms with E-state index in [-0.39, 0.29) is 13.0 Å². The number of imide groups is 1. The summed E-state index contributed by atoms with van der Waals surface area (Å²) < 4.78 is 10.4. The fraction of sp³-hybridized carbons (Fsp3) is 0.400. The number of para-hydroxylation sites is 1. The molecule has 0 saturated carbocycles. The van der Waals surface area contributed by atoms with Crippen molar-refractivity contribution < 1.29 is 23.9 Å². The molecule has 0 aliphatic carbocycles. The van der Waals surface area contributed by atoms with Gasteiger partial charge in [-0.15, -0.1) is 0 Å². The third-order valence-corrected chi connectivity index (χ3v) is 2.80. The maximum absolute atomic E-state index is 11.6. The number of esters is 1. The van der Waals surface area contributed by atoms with Crippen LogP contribution in [0, 0.1) is 6.92 Å². The van der Waals surface area contributed by atoms with Gasteiger partial charge in [0.2, 0.25) is 0 Å². The lowest BCUT2D eigenvalue weighted by atomic mass is 10.2. The van der Waals surface area contributed by atoms with E-state index < -0.39 is 24.0 Å². The van der Waals surface area contributed by atoms with Gasteiger partial charge in [0, 0.05) is 7.05 Å². The molecule has 0 aromatic heterocycles. The Morgan fingerprint density at radius 3 is 2.55 bits per heavy atom. The summed E-state index contributed by atoms with van der Waals surface area (Å²) in [6.45, 7) is 3.44. The van der Waals surface area contributed by atoms with E-state index in [9.17, 15) is 14.4 Å². The Bertz CT molecular complexity index is 544. The molecule has 3 amide bonds. The Morgan fingerprint density at radius 2 is 1.91 bits per heavy atom. The second kappa shape index (κ2) is 8.66. The molecule has 2 N–H and O–H groups in total. The molecule has 22 heavy (non-hydrogen) atoms. The van der Waals surface area contributed by atoms with Crippen molar-refractivity contribution in [1.82, 2.24) is 10.6 Å². The lowest BCUT2D eigenvalue weighted by Crippen LogP contribution is -2.43. The van der Waals surface area contributed by atoms with Crippen LogP contribution in [0.2, 0.25) is 0 Å². The van der Waals surface area contributed by atoms with Gasteiger partial charge in [0.25, 0.3) is 5.91 Å². The van der Waals surface area contributed by atoms with Crippen LogP contribution in [-0.4, -0.2) is 37.7 Å². The fourth-order valence-electron chi connectivity index (χ4n) is 1.55. The van der Waals surface area contributed by atoms with Crippen molar-refractivity contribution in [3.8, 4) is 5.75 Å². The van der Waals surface area contributed by atoms with Crippen molar-refractivity contribution in [1.29, 1.82) is 0 Å². The number of rotatable bonds is 6. The summed E-state index contributed by atoms with van der Waals surface area (Å²) in [5.74, 6) is -0.568. The van der Waals surface area contributed by atoms with Crippen LogP contribution in [0.5, 0.6) is 5.75 Å². The molecule has 0 heterocycles. The molecule has 1 aromatic rings. The molecule has 7 nitrogen and oxygen atoms in total. The zero-order valence-electron chi connectivity index (χ0n) is 12.8. The summed E-state index contributed by atoms with van der Waals surface area (Å²) in [5, 5.41) is 4.26. The van der Waals surface area contributed by atoms with Crippen molar-refractivity contribution in [2.24, 2.45) is 0 Å². The topological polar surface area (TPSA) is 93.7 Å². The van der Waals surface area contributed by atoms with Gasteiger partial charge < -0.3 is 14.8 Å². The highest BCUT2D eigenvalue weighted by Crippen LogP contribution is 2.16. The number of urea groups is 1. The fourth-order valence-corrected chi connectivity index (χ4v) is 1.55. The normalized spacial score (nSPS) is 11.2. The minimum Gasteiger partial charge on any atom is -0.493 e. The van der Waals surface area contributed by atoms with Crippen LogP contribution in [0.4, 0.5) is 4.79 Å². The molecule has 0 bridgehead atoms. The van der Waals surface area contributed by atoms with Crippen molar-refractivity contribution in [3.63, 3.8) is 0 Å². The Morgan fingerprint density at radius 1 is 1.23 bits per heavy atom. The minimum atomic E-state index is -1.05. The standard InChI is InChI=1S/C15H20N2O5/c1-10-6-4-5-7-12(10)21-9-8-13(18)22-11(2)14(19)17-15(20)16-3/h4-7,11H,8-9H2,1-3H3,(H2,16,17,19,20)/t11-/m1/s1. The van der Waals surface area contributed by atoms with E-state index in [1.54, 1.807) is 6.07 Å². The van der Waals surface area contributed by atoms with Gasteiger partial charge in [-0.2, -0.15) is 0 Å². The van der Waals surface area contributed by atoms with Gasteiger partial charge >= 0.3 is 12.0 Å². The summed E-state index contributed by atoms with van der Waals surface area (Å²) >= 11 is 0. The molecule has 1 atom stereocenters.